The third-order valence-electron chi connectivity index (χ3n) is 6.01. The van der Waals surface area contributed by atoms with Crippen molar-refractivity contribution in [1.29, 1.82) is 0 Å². The molecule has 2 heterocycles. The Hall–Kier alpha value is -3.43. The average molecular weight is 469 g/mol. The number of nitrogens with one attached hydrogen (secondary N) is 3. The van der Waals surface area contributed by atoms with E-state index in [1.54, 1.807) is 6.20 Å². The molecule has 1 atom stereocenters. The Labute approximate surface area is 208 Å². The fourth-order valence-electron chi connectivity index (χ4n) is 4.11. The summed E-state index contributed by atoms with van der Waals surface area (Å²) >= 11 is 0. The van der Waals surface area contributed by atoms with Gasteiger partial charge in [-0.05, 0) is 61.6 Å². The molecule has 1 aliphatic heterocycles. The molecule has 2 radical (unpaired) electrons. The van der Waals surface area contributed by atoms with Gasteiger partial charge in [-0.1, -0.05) is 42.8 Å². The number of carbonyl (C=O) groups excluding carboxylic acids is 1. The van der Waals surface area contributed by atoms with E-state index in [0.29, 0.717) is 29.3 Å². The van der Waals surface area contributed by atoms with Gasteiger partial charge >= 0.3 is 0 Å². The van der Waals surface area contributed by atoms with E-state index in [1.807, 2.05) is 54.6 Å². The predicted molar refractivity (Wildman–Crippen MR) is 143 cm³/mol. The van der Waals surface area contributed by atoms with Gasteiger partial charge in [0.05, 0.1) is 6.04 Å². The number of benzene rings is 2. The van der Waals surface area contributed by atoms with Crippen LogP contribution >= 0.6 is 0 Å². The van der Waals surface area contributed by atoms with Gasteiger partial charge in [-0.2, -0.15) is 4.98 Å². The molecule has 8 nitrogen and oxygen atoms in total. The van der Waals surface area contributed by atoms with Crippen molar-refractivity contribution < 1.29 is 4.79 Å². The molecule has 1 saturated heterocycles. The van der Waals surface area contributed by atoms with Crippen molar-refractivity contribution in [2.45, 2.75) is 31.7 Å². The van der Waals surface area contributed by atoms with Gasteiger partial charge in [-0.25, -0.2) is 4.98 Å². The minimum absolute atomic E-state index is 0.241. The molecule has 3 aromatic rings. The van der Waals surface area contributed by atoms with E-state index in [4.69, 9.17) is 13.6 Å². The van der Waals surface area contributed by atoms with Gasteiger partial charge in [0.15, 0.2) is 0 Å². The third kappa shape index (κ3) is 7.53. The Morgan fingerprint density at radius 3 is 2.63 bits per heavy atom. The van der Waals surface area contributed by atoms with Crippen LogP contribution in [0.15, 0.2) is 60.8 Å². The molecule has 1 unspecified atom stereocenters. The highest BCUT2D eigenvalue weighted by Gasteiger charge is 2.15. The molecule has 9 heteroatoms. The number of anilines is 4. The predicted octanol–water partition coefficient (Wildman–Crippen LogP) is 2.42. The van der Waals surface area contributed by atoms with Gasteiger partial charge in [0.1, 0.15) is 13.7 Å². The number of nitrogens with two attached hydrogens (primary N) is 1. The van der Waals surface area contributed by atoms with Gasteiger partial charge in [-0.3, -0.25) is 4.79 Å². The molecule has 0 bridgehead atoms. The van der Waals surface area contributed by atoms with Crippen LogP contribution in [0.5, 0.6) is 0 Å². The number of rotatable bonds is 10. The number of amides is 1. The Bertz CT molecular complexity index is 1110. The molecule has 0 aliphatic carbocycles. The van der Waals surface area contributed by atoms with Crippen molar-refractivity contribution in [2.24, 2.45) is 5.73 Å². The van der Waals surface area contributed by atoms with Crippen LogP contribution in [0.3, 0.4) is 0 Å². The van der Waals surface area contributed by atoms with Crippen LogP contribution in [0.1, 0.15) is 24.8 Å². The van der Waals surface area contributed by atoms with Gasteiger partial charge in [0.2, 0.25) is 11.9 Å². The summed E-state index contributed by atoms with van der Waals surface area (Å²) in [5.74, 6) is 0.787. The fourth-order valence-corrected chi connectivity index (χ4v) is 4.11. The second-order valence-corrected chi connectivity index (χ2v) is 8.82. The zero-order valence-electron chi connectivity index (χ0n) is 19.9. The number of hydrogen-bond donors (Lipinski definition) is 4. The molecule has 0 spiro atoms. The fraction of sp³-hybridized carbons (Fsp3) is 0.346. The summed E-state index contributed by atoms with van der Waals surface area (Å²) in [5, 5.41) is 9.40. The minimum Gasteiger partial charge on any atom is -0.369 e. The molecular weight excluding hydrogens is 437 g/mol. The summed E-state index contributed by atoms with van der Waals surface area (Å²) in [5.41, 5.74) is 9.01. The third-order valence-corrected chi connectivity index (χ3v) is 6.01. The van der Waals surface area contributed by atoms with Crippen molar-refractivity contribution in [3.63, 3.8) is 0 Å². The van der Waals surface area contributed by atoms with Crippen LogP contribution in [0.25, 0.3) is 0 Å². The van der Waals surface area contributed by atoms with Gasteiger partial charge in [0, 0.05) is 30.7 Å². The Morgan fingerprint density at radius 1 is 1.06 bits per heavy atom. The lowest BCUT2D eigenvalue weighted by Crippen LogP contribution is -2.37. The summed E-state index contributed by atoms with van der Waals surface area (Å²) in [4.78, 5) is 23.9. The molecular formula is C26H32BN7O. The first kappa shape index (κ1) is 24.7. The first-order chi connectivity index (χ1) is 17.1. The highest BCUT2D eigenvalue weighted by Crippen LogP contribution is 2.19. The van der Waals surface area contributed by atoms with Crippen LogP contribution in [-0.4, -0.2) is 60.8 Å². The van der Waals surface area contributed by atoms with Crippen LogP contribution in [0.4, 0.5) is 23.1 Å². The van der Waals surface area contributed by atoms with E-state index in [0.717, 1.165) is 37.4 Å². The molecule has 180 valence electrons. The summed E-state index contributed by atoms with van der Waals surface area (Å²) in [6, 6.07) is 16.4. The summed E-state index contributed by atoms with van der Waals surface area (Å²) in [6.45, 7) is 4.03. The topological polar surface area (TPSA) is 108 Å². The SMILES string of the molecule is [B]c1cnc(Nc2cccc(NC(=O)C(N)Cc3ccccc3)c2)nc1NCCN1CCCCC1. The first-order valence-corrected chi connectivity index (χ1v) is 12.1. The molecule has 35 heavy (non-hydrogen) atoms. The van der Waals surface area contributed by atoms with Gasteiger partial charge in [-0.15, -0.1) is 0 Å². The standard InChI is InChI=1S/C26H32BN7O/c27-22-18-30-26(33-24(22)29-12-15-34-13-5-2-6-14-34)32-21-11-7-10-20(17-21)31-25(35)23(28)16-19-8-3-1-4-9-19/h1,3-4,7-11,17-18,23H,2,5-6,12-16,28H2,(H,31,35)(H2,29,30,32,33). The number of nitrogens with zero attached hydrogens (tertiary/aromatic N) is 3. The molecule has 4 rings (SSSR count). The van der Waals surface area contributed by atoms with E-state index in [1.165, 1.54) is 19.3 Å². The summed E-state index contributed by atoms with van der Waals surface area (Å²) in [6.07, 6.45) is 5.91. The van der Waals surface area contributed by atoms with E-state index >= 15 is 0 Å². The zero-order valence-corrected chi connectivity index (χ0v) is 19.9. The number of carbonyl (C=O) groups is 1. The van der Waals surface area contributed by atoms with Crippen molar-refractivity contribution in [1.82, 2.24) is 14.9 Å². The summed E-state index contributed by atoms with van der Waals surface area (Å²) < 4.78 is 0. The van der Waals surface area contributed by atoms with Crippen molar-refractivity contribution >= 4 is 42.4 Å². The van der Waals surface area contributed by atoms with Gasteiger partial charge in [0.25, 0.3) is 0 Å². The van der Waals surface area contributed by atoms with E-state index in [2.05, 4.69) is 30.8 Å². The molecule has 5 N–H and O–H groups in total. The zero-order chi connectivity index (χ0) is 24.5. The number of hydrogen-bond acceptors (Lipinski definition) is 7. The number of aromatic nitrogens is 2. The molecule has 1 aromatic heterocycles. The molecule has 1 fully saturated rings. The maximum absolute atomic E-state index is 12.6. The quantitative estimate of drug-likeness (QED) is 0.338. The molecule has 2 aromatic carbocycles. The second-order valence-electron chi connectivity index (χ2n) is 8.82. The maximum Gasteiger partial charge on any atom is 0.241 e. The van der Waals surface area contributed by atoms with E-state index in [-0.39, 0.29) is 5.91 Å². The number of piperidine rings is 1. The van der Waals surface area contributed by atoms with Gasteiger partial charge < -0.3 is 26.6 Å². The smallest absolute Gasteiger partial charge is 0.241 e. The summed E-state index contributed by atoms with van der Waals surface area (Å²) in [7, 11) is 6.08. The average Bonchev–Trinajstić information content (AvgIpc) is 2.87. The highest BCUT2D eigenvalue weighted by atomic mass is 16.2. The van der Waals surface area contributed by atoms with Crippen molar-refractivity contribution in [3.8, 4) is 0 Å². The molecule has 1 aliphatic rings. The van der Waals surface area contributed by atoms with Crippen LogP contribution in [0.2, 0.25) is 0 Å². The first-order valence-electron chi connectivity index (χ1n) is 12.1. The Kier molecular flexibility index (Phi) is 8.70. The minimum atomic E-state index is -0.645. The van der Waals surface area contributed by atoms with E-state index < -0.39 is 6.04 Å². The van der Waals surface area contributed by atoms with Crippen LogP contribution in [0, 0.1) is 0 Å². The van der Waals surface area contributed by atoms with Crippen LogP contribution < -0.4 is 27.1 Å². The van der Waals surface area contributed by atoms with Crippen LogP contribution in [-0.2, 0) is 11.2 Å². The lowest BCUT2D eigenvalue weighted by Gasteiger charge is -2.26. The molecule has 0 saturated carbocycles. The Morgan fingerprint density at radius 2 is 1.83 bits per heavy atom. The molecule has 1 amide bonds. The Balaban J connectivity index is 1.32. The second kappa shape index (κ2) is 12.3. The largest absolute Gasteiger partial charge is 0.369 e. The highest BCUT2D eigenvalue weighted by molar-refractivity contribution is 6.35. The van der Waals surface area contributed by atoms with Crippen molar-refractivity contribution in [3.05, 3.63) is 66.4 Å². The number of likely N-dealkylation sites (tertiary alicyclic amines) is 1. The lowest BCUT2D eigenvalue weighted by atomic mass is 9.99. The normalized spacial score (nSPS) is 14.8. The van der Waals surface area contributed by atoms with E-state index in [9.17, 15) is 4.79 Å². The maximum atomic E-state index is 12.6. The van der Waals surface area contributed by atoms with Crippen molar-refractivity contribution in [2.75, 3.05) is 42.1 Å². The monoisotopic (exact) mass is 469 g/mol. The lowest BCUT2D eigenvalue weighted by molar-refractivity contribution is -0.117.